The van der Waals surface area contributed by atoms with Crippen molar-refractivity contribution >= 4 is 5.69 Å². The van der Waals surface area contributed by atoms with Gasteiger partial charge >= 0.3 is 0 Å². The Balaban J connectivity index is 2.23. The maximum Gasteiger partial charge on any atom is 0.0513 e. The molecular formula is C20H27N. The van der Waals surface area contributed by atoms with Gasteiger partial charge in [0.15, 0.2) is 0 Å². The SMILES string of the molecule is CCCCC(Nc1ccccc1C(C)C)c1ccccc1. The van der Waals surface area contributed by atoms with Crippen LogP contribution in [0.4, 0.5) is 5.69 Å². The summed E-state index contributed by atoms with van der Waals surface area (Å²) in [7, 11) is 0. The van der Waals surface area contributed by atoms with E-state index in [2.05, 4.69) is 80.7 Å². The molecule has 0 saturated heterocycles. The second kappa shape index (κ2) is 7.87. The number of nitrogens with one attached hydrogen (secondary N) is 1. The molecule has 0 radical (unpaired) electrons. The molecule has 0 aliphatic carbocycles. The Morgan fingerprint density at radius 3 is 2.24 bits per heavy atom. The van der Waals surface area contributed by atoms with Crippen LogP contribution >= 0.6 is 0 Å². The van der Waals surface area contributed by atoms with Crippen molar-refractivity contribution in [1.29, 1.82) is 0 Å². The molecule has 1 heteroatoms. The fraction of sp³-hybridized carbons (Fsp3) is 0.400. The zero-order valence-electron chi connectivity index (χ0n) is 13.5. The minimum absolute atomic E-state index is 0.394. The van der Waals surface area contributed by atoms with E-state index in [9.17, 15) is 0 Å². The van der Waals surface area contributed by atoms with Crippen molar-refractivity contribution < 1.29 is 0 Å². The summed E-state index contributed by atoms with van der Waals surface area (Å²) in [5.74, 6) is 0.538. The van der Waals surface area contributed by atoms with E-state index in [1.54, 1.807) is 0 Å². The van der Waals surface area contributed by atoms with E-state index in [1.807, 2.05) is 0 Å². The molecule has 1 nitrogen and oxygen atoms in total. The van der Waals surface area contributed by atoms with Crippen LogP contribution in [0.25, 0.3) is 0 Å². The topological polar surface area (TPSA) is 12.0 Å². The largest absolute Gasteiger partial charge is 0.378 e. The minimum Gasteiger partial charge on any atom is -0.378 e. The Morgan fingerprint density at radius 1 is 0.905 bits per heavy atom. The molecule has 0 spiro atoms. The predicted molar refractivity (Wildman–Crippen MR) is 92.9 cm³/mol. The van der Waals surface area contributed by atoms with Crippen molar-refractivity contribution in [3.63, 3.8) is 0 Å². The van der Waals surface area contributed by atoms with Crippen molar-refractivity contribution in [2.24, 2.45) is 0 Å². The molecule has 0 fully saturated rings. The quantitative estimate of drug-likeness (QED) is 0.641. The summed E-state index contributed by atoms with van der Waals surface area (Å²) in [4.78, 5) is 0. The molecule has 112 valence electrons. The number of rotatable bonds is 7. The van der Waals surface area contributed by atoms with Crippen molar-refractivity contribution in [2.75, 3.05) is 5.32 Å². The van der Waals surface area contributed by atoms with Crippen molar-refractivity contribution in [1.82, 2.24) is 0 Å². The molecule has 0 aromatic heterocycles. The van der Waals surface area contributed by atoms with Crippen LogP contribution in [-0.2, 0) is 0 Å². The number of benzene rings is 2. The standard InChI is InChI=1S/C20H27N/c1-4-5-14-19(17-11-7-6-8-12-17)21-20-15-10-9-13-18(20)16(2)3/h6-13,15-16,19,21H,4-5,14H2,1-3H3. The Labute approximate surface area is 129 Å². The average molecular weight is 281 g/mol. The van der Waals surface area contributed by atoms with Gasteiger partial charge in [0.25, 0.3) is 0 Å². The maximum atomic E-state index is 3.78. The first-order valence-electron chi connectivity index (χ1n) is 8.12. The molecule has 0 heterocycles. The van der Waals surface area contributed by atoms with E-state index in [0.29, 0.717) is 12.0 Å². The first-order valence-corrected chi connectivity index (χ1v) is 8.12. The Bertz CT molecular complexity index is 531. The molecule has 0 bridgehead atoms. The molecule has 1 atom stereocenters. The molecule has 0 amide bonds. The molecule has 0 saturated carbocycles. The van der Waals surface area contributed by atoms with Crippen LogP contribution in [0.15, 0.2) is 54.6 Å². The molecule has 1 N–H and O–H groups in total. The first-order chi connectivity index (χ1) is 10.2. The van der Waals surface area contributed by atoms with E-state index in [4.69, 9.17) is 0 Å². The van der Waals surface area contributed by atoms with Gasteiger partial charge in [-0.1, -0.05) is 82.1 Å². The molecule has 2 aromatic rings. The summed E-state index contributed by atoms with van der Waals surface area (Å²) in [6.45, 7) is 6.76. The summed E-state index contributed by atoms with van der Waals surface area (Å²) in [6, 6.07) is 19.9. The highest BCUT2D eigenvalue weighted by atomic mass is 14.9. The second-order valence-corrected chi connectivity index (χ2v) is 5.99. The molecule has 1 unspecified atom stereocenters. The van der Waals surface area contributed by atoms with Crippen LogP contribution in [0, 0.1) is 0 Å². The van der Waals surface area contributed by atoms with Crippen LogP contribution in [-0.4, -0.2) is 0 Å². The van der Waals surface area contributed by atoms with E-state index in [0.717, 1.165) is 0 Å². The number of hydrogen-bond acceptors (Lipinski definition) is 1. The van der Waals surface area contributed by atoms with E-state index >= 15 is 0 Å². The third-order valence-electron chi connectivity index (χ3n) is 3.96. The molecule has 2 aromatic carbocycles. The zero-order chi connectivity index (χ0) is 15.1. The number of para-hydroxylation sites is 1. The van der Waals surface area contributed by atoms with Crippen LogP contribution < -0.4 is 5.32 Å². The third-order valence-corrected chi connectivity index (χ3v) is 3.96. The third kappa shape index (κ3) is 4.35. The Morgan fingerprint density at radius 2 is 1.57 bits per heavy atom. The Hall–Kier alpha value is -1.76. The highest BCUT2D eigenvalue weighted by Gasteiger charge is 2.13. The monoisotopic (exact) mass is 281 g/mol. The normalized spacial score (nSPS) is 12.4. The lowest BCUT2D eigenvalue weighted by Gasteiger charge is -2.23. The second-order valence-electron chi connectivity index (χ2n) is 5.99. The first kappa shape index (κ1) is 15.6. The summed E-state index contributed by atoms with van der Waals surface area (Å²) in [5.41, 5.74) is 4.05. The molecule has 2 rings (SSSR count). The van der Waals surface area contributed by atoms with Gasteiger partial charge in [-0.25, -0.2) is 0 Å². The van der Waals surface area contributed by atoms with Gasteiger partial charge in [0.1, 0.15) is 0 Å². The van der Waals surface area contributed by atoms with Gasteiger partial charge < -0.3 is 5.32 Å². The Kier molecular flexibility index (Phi) is 5.86. The molecule has 0 aliphatic heterocycles. The van der Waals surface area contributed by atoms with E-state index in [1.165, 1.54) is 36.1 Å². The van der Waals surface area contributed by atoms with Gasteiger partial charge in [-0.15, -0.1) is 0 Å². The average Bonchev–Trinajstić information content (AvgIpc) is 2.52. The van der Waals surface area contributed by atoms with E-state index < -0.39 is 0 Å². The van der Waals surface area contributed by atoms with Gasteiger partial charge in [-0.2, -0.15) is 0 Å². The zero-order valence-corrected chi connectivity index (χ0v) is 13.5. The van der Waals surface area contributed by atoms with Gasteiger partial charge in [0.05, 0.1) is 6.04 Å². The summed E-state index contributed by atoms with van der Waals surface area (Å²) >= 11 is 0. The smallest absolute Gasteiger partial charge is 0.0513 e. The van der Waals surface area contributed by atoms with Crippen LogP contribution in [0.5, 0.6) is 0 Å². The van der Waals surface area contributed by atoms with Gasteiger partial charge in [-0.3, -0.25) is 0 Å². The molecule has 0 aliphatic rings. The fourth-order valence-electron chi connectivity index (χ4n) is 2.74. The number of unbranched alkanes of at least 4 members (excludes halogenated alkanes) is 1. The molecule has 21 heavy (non-hydrogen) atoms. The lowest BCUT2D eigenvalue weighted by molar-refractivity contribution is 0.633. The fourth-order valence-corrected chi connectivity index (χ4v) is 2.74. The lowest BCUT2D eigenvalue weighted by atomic mass is 9.97. The van der Waals surface area contributed by atoms with E-state index in [-0.39, 0.29) is 0 Å². The van der Waals surface area contributed by atoms with Gasteiger partial charge in [-0.05, 0) is 29.5 Å². The van der Waals surface area contributed by atoms with Crippen molar-refractivity contribution in [3.05, 3.63) is 65.7 Å². The molecular weight excluding hydrogens is 254 g/mol. The van der Waals surface area contributed by atoms with Crippen molar-refractivity contribution in [3.8, 4) is 0 Å². The maximum absolute atomic E-state index is 3.78. The summed E-state index contributed by atoms with van der Waals surface area (Å²) < 4.78 is 0. The van der Waals surface area contributed by atoms with Crippen LogP contribution in [0.1, 0.15) is 63.1 Å². The van der Waals surface area contributed by atoms with Gasteiger partial charge in [0.2, 0.25) is 0 Å². The lowest BCUT2D eigenvalue weighted by Crippen LogP contribution is -2.12. The summed E-state index contributed by atoms with van der Waals surface area (Å²) in [5, 5.41) is 3.78. The number of hydrogen-bond donors (Lipinski definition) is 1. The van der Waals surface area contributed by atoms with Crippen molar-refractivity contribution in [2.45, 2.75) is 52.0 Å². The van der Waals surface area contributed by atoms with Crippen LogP contribution in [0.2, 0.25) is 0 Å². The predicted octanol–water partition coefficient (Wildman–Crippen LogP) is 6.15. The van der Waals surface area contributed by atoms with Crippen LogP contribution in [0.3, 0.4) is 0 Å². The minimum atomic E-state index is 0.394. The van der Waals surface area contributed by atoms with Gasteiger partial charge in [0, 0.05) is 5.69 Å². The highest BCUT2D eigenvalue weighted by Crippen LogP contribution is 2.29. The number of anilines is 1. The highest BCUT2D eigenvalue weighted by molar-refractivity contribution is 5.54. The summed E-state index contributed by atoms with van der Waals surface area (Å²) in [6.07, 6.45) is 3.65.